The lowest BCUT2D eigenvalue weighted by molar-refractivity contribution is -0.0337. The van der Waals surface area contributed by atoms with E-state index in [1.807, 2.05) is 30.3 Å². The molecule has 158 valence electrons. The van der Waals surface area contributed by atoms with Gasteiger partial charge in [0.1, 0.15) is 30.2 Å². The summed E-state index contributed by atoms with van der Waals surface area (Å²) in [6, 6.07) is 13.2. The molecule has 0 bridgehead atoms. The molecule has 1 saturated heterocycles. The summed E-state index contributed by atoms with van der Waals surface area (Å²) in [5, 5.41) is 25.7. The fourth-order valence-corrected chi connectivity index (χ4v) is 3.81. The number of nitrogens with zero attached hydrogens (tertiary/aromatic N) is 4. The van der Waals surface area contributed by atoms with Crippen LogP contribution in [0.15, 0.2) is 55.1 Å². The van der Waals surface area contributed by atoms with Crippen molar-refractivity contribution in [1.29, 1.82) is 0 Å². The molecule has 3 heterocycles. The number of anilines is 1. The first-order chi connectivity index (χ1) is 15.0. The molecule has 1 amide bonds. The van der Waals surface area contributed by atoms with Crippen LogP contribution in [0.25, 0.3) is 21.9 Å². The lowest BCUT2D eigenvalue weighted by Gasteiger charge is -2.16. The number of carbonyl (C=O) groups is 1. The van der Waals surface area contributed by atoms with Crippen molar-refractivity contribution in [1.82, 2.24) is 24.8 Å². The van der Waals surface area contributed by atoms with E-state index in [-0.39, 0.29) is 18.3 Å². The Bertz CT molecular complexity index is 1280. The van der Waals surface area contributed by atoms with E-state index in [2.05, 4.69) is 20.3 Å². The van der Waals surface area contributed by atoms with Crippen molar-refractivity contribution < 1.29 is 19.7 Å². The van der Waals surface area contributed by atoms with Crippen molar-refractivity contribution in [3.63, 3.8) is 0 Å². The van der Waals surface area contributed by atoms with Gasteiger partial charge in [-0.05, 0) is 22.9 Å². The van der Waals surface area contributed by atoms with Gasteiger partial charge < -0.3 is 26.0 Å². The minimum Gasteiger partial charge on any atom is -0.387 e. The molecule has 5 N–H and O–H groups in total. The monoisotopic (exact) mass is 420 g/mol. The summed E-state index contributed by atoms with van der Waals surface area (Å²) in [6.07, 6.45) is -1.49. The Morgan fingerprint density at radius 2 is 1.90 bits per heavy atom. The molecule has 1 fully saturated rings. The molecule has 0 saturated carbocycles. The molecule has 0 aliphatic carbocycles. The van der Waals surface area contributed by atoms with Crippen LogP contribution in [0.1, 0.15) is 16.6 Å². The molecule has 0 radical (unpaired) electrons. The number of nitrogens with one attached hydrogen (secondary N) is 1. The average Bonchev–Trinajstić information content (AvgIpc) is 3.34. The van der Waals surface area contributed by atoms with Gasteiger partial charge in [-0.1, -0.05) is 30.3 Å². The fourth-order valence-electron chi connectivity index (χ4n) is 3.81. The van der Waals surface area contributed by atoms with Gasteiger partial charge in [0.2, 0.25) is 0 Å². The zero-order valence-corrected chi connectivity index (χ0v) is 16.3. The molecule has 2 aromatic carbocycles. The molecule has 10 nitrogen and oxygen atoms in total. The minimum atomic E-state index is -1.24. The lowest BCUT2D eigenvalue weighted by Crippen LogP contribution is -2.39. The van der Waals surface area contributed by atoms with E-state index in [4.69, 9.17) is 10.5 Å². The standard InChI is InChI=1S/C21H20N6O4/c22-18-15-19(25-9-24-18)27(10-26-15)21-17(29)16(28)14(31-21)8-23-20(30)13-6-5-11-3-1-2-4-12(11)7-13/h1-7,9-10,14,16-17,21,28-29H,8H2,(H,23,30)(H2,22,24,25)/t14-,16-,17-,21-/m1/s1. The van der Waals surface area contributed by atoms with Crippen molar-refractivity contribution in [3.8, 4) is 0 Å². The smallest absolute Gasteiger partial charge is 0.251 e. The number of benzene rings is 2. The van der Waals surface area contributed by atoms with Crippen LogP contribution >= 0.6 is 0 Å². The van der Waals surface area contributed by atoms with Gasteiger partial charge in [0, 0.05) is 12.1 Å². The number of fused-ring (bicyclic) bond motifs is 2. The Morgan fingerprint density at radius 1 is 1.10 bits per heavy atom. The van der Waals surface area contributed by atoms with Gasteiger partial charge in [0.15, 0.2) is 17.7 Å². The Morgan fingerprint density at radius 3 is 2.74 bits per heavy atom. The molecule has 2 aromatic heterocycles. The summed E-state index contributed by atoms with van der Waals surface area (Å²) in [5.74, 6) is -0.0935. The fraction of sp³-hybridized carbons (Fsp3) is 0.238. The van der Waals surface area contributed by atoms with Gasteiger partial charge in [-0.15, -0.1) is 0 Å². The second-order valence-corrected chi connectivity index (χ2v) is 7.40. The van der Waals surface area contributed by atoms with Crippen molar-refractivity contribution in [2.24, 2.45) is 0 Å². The number of aromatic nitrogens is 4. The third-order valence-corrected chi connectivity index (χ3v) is 5.47. The van der Waals surface area contributed by atoms with Crippen molar-refractivity contribution >= 4 is 33.7 Å². The number of aliphatic hydroxyl groups is 2. The highest BCUT2D eigenvalue weighted by Gasteiger charge is 2.44. The summed E-state index contributed by atoms with van der Waals surface area (Å²) >= 11 is 0. The summed E-state index contributed by atoms with van der Waals surface area (Å²) in [7, 11) is 0. The maximum Gasteiger partial charge on any atom is 0.251 e. The number of hydrogen-bond acceptors (Lipinski definition) is 8. The van der Waals surface area contributed by atoms with E-state index in [0.717, 1.165) is 10.8 Å². The van der Waals surface area contributed by atoms with Crippen LogP contribution in [0, 0.1) is 0 Å². The summed E-state index contributed by atoms with van der Waals surface area (Å²) in [5.41, 5.74) is 7.05. The number of nitrogens with two attached hydrogens (primary N) is 1. The first kappa shape index (κ1) is 19.4. The number of rotatable bonds is 4. The van der Waals surface area contributed by atoms with Gasteiger partial charge in [0.25, 0.3) is 5.91 Å². The predicted molar refractivity (Wildman–Crippen MR) is 112 cm³/mol. The van der Waals surface area contributed by atoms with Crippen molar-refractivity contribution in [2.75, 3.05) is 12.3 Å². The average molecular weight is 420 g/mol. The Kier molecular flexibility index (Phi) is 4.74. The second-order valence-electron chi connectivity index (χ2n) is 7.40. The molecule has 4 aromatic rings. The number of imidazole rings is 1. The number of nitrogen functional groups attached to an aromatic ring is 1. The quantitative estimate of drug-likeness (QED) is 0.375. The van der Waals surface area contributed by atoms with Crippen LogP contribution in [-0.2, 0) is 4.74 Å². The highest BCUT2D eigenvalue weighted by atomic mass is 16.6. The van der Waals surface area contributed by atoms with Gasteiger partial charge in [-0.3, -0.25) is 9.36 Å². The number of carbonyl (C=O) groups excluding carboxylic acids is 1. The van der Waals surface area contributed by atoms with Crippen LogP contribution in [0.5, 0.6) is 0 Å². The van der Waals surface area contributed by atoms with Gasteiger partial charge >= 0.3 is 0 Å². The van der Waals surface area contributed by atoms with Gasteiger partial charge in [0.05, 0.1) is 6.33 Å². The molecule has 0 unspecified atom stereocenters. The number of ether oxygens (including phenoxy) is 1. The Hall–Kier alpha value is -3.60. The highest BCUT2D eigenvalue weighted by molar-refractivity contribution is 5.98. The summed E-state index contributed by atoms with van der Waals surface area (Å²) in [4.78, 5) is 24.8. The van der Waals surface area contributed by atoms with Gasteiger partial charge in [-0.25, -0.2) is 15.0 Å². The number of aliphatic hydroxyl groups excluding tert-OH is 2. The van der Waals surface area contributed by atoms with Crippen molar-refractivity contribution in [3.05, 3.63) is 60.7 Å². The maximum absolute atomic E-state index is 12.6. The van der Waals surface area contributed by atoms with E-state index in [1.165, 1.54) is 17.2 Å². The SMILES string of the molecule is Nc1ncnc2c1ncn2[C@@H]1O[C@H](CNC(=O)c2ccc3ccccc3c2)[C@@H](O)[C@H]1O. The Balaban J connectivity index is 1.30. The lowest BCUT2D eigenvalue weighted by atomic mass is 10.1. The highest BCUT2D eigenvalue weighted by Crippen LogP contribution is 2.31. The van der Waals surface area contributed by atoms with Crippen molar-refractivity contribution in [2.45, 2.75) is 24.5 Å². The zero-order chi connectivity index (χ0) is 21.5. The number of hydrogen-bond donors (Lipinski definition) is 4. The zero-order valence-electron chi connectivity index (χ0n) is 16.3. The molecule has 1 aliphatic heterocycles. The first-order valence-electron chi connectivity index (χ1n) is 9.74. The maximum atomic E-state index is 12.6. The molecular weight excluding hydrogens is 400 g/mol. The molecule has 1 aliphatic rings. The predicted octanol–water partition coefficient (Wildman–Crippen LogP) is 0.611. The van der Waals surface area contributed by atoms with Crippen LogP contribution in [-0.4, -0.2) is 60.5 Å². The van der Waals surface area contributed by atoms with Crippen LogP contribution in [0.2, 0.25) is 0 Å². The van der Waals surface area contributed by atoms with Crippen LogP contribution in [0.3, 0.4) is 0 Å². The van der Waals surface area contributed by atoms with E-state index >= 15 is 0 Å². The first-order valence-corrected chi connectivity index (χ1v) is 9.74. The van der Waals surface area contributed by atoms with Crippen LogP contribution in [0.4, 0.5) is 5.82 Å². The van der Waals surface area contributed by atoms with E-state index in [9.17, 15) is 15.0 Å². The molecule has 0 spiro atoms. The van der Waals surface area contributed by atoms with Crippen LogP contribution < -0.4 is 11.1 Å². The number of amides is 1. The molecule has 5 rings (SSSR count). The van der Waals surface area contributed by atoms with E-state index < -0.39 is 24.5 Å². The molecular formula is C21H20N6O4. The second kappa shape index (κ2) is 7.58. The Labute approximate surface area is 176 Å². The normalized spacial score (nSPS) is 23.4. The topological polar surface area (TPSA) is 148 Å². The molecule has 31 heavy (non-hydrogen) atoms. The summed E-state index contributed by atoms with van der Waals surface area (Å²) in [6.45, 7) is 0.0180. The third kappa shape index (κ3) is 3.36. The molecule has 10 heteroatoms. The summed E-state index contributed by atoms with van der Waals surface area (Å²) < 4.78 is 7.33. The van der Waals surface area contributed by atoms with E-state index in [0.29, 0.717) is 16.7 Å². The van der Waals surface area contributed by atoms with E-state index in [1.54, 1.807) is 12.1 Å². The van der Waals surface area contributed by atoms with Gasteiger partial charge in [-0.2, -0.15) is 0 Å². The third-order valence-electron chi connectivity index (χ3n) is 5.47. The molecule has 4 atom stereocenters. The largest absolute Gasteiger partial charge is 0.387 e. The minimum absolute atomic E-state index is 0.0180.